The number of rotatable bonds is 5. The van der Waals surface area contributed by atoms with E-state index in [1.54, 1.807) is 0 Å². The van der Waals surface area contributed by atoms with Crippen molar-refractivity contribution < 1.29 is 14.7 Å². The van der Waals surface area contributed by atoms with E-state index in [2.05, 4.69) is 12.2 Å². The summed E-state index contributed by atoms with van der Waals surface area (Å²) in [4.78, 5) is 24.9. The summed E-state index contributed by atoms with van der Waals surface area (Å²) in [6.45, 7) is 3.22. The smallest absolute Gasteiger partial charge is 0.308 e. The van der Waals surface area contributed by atoms with E-state index in [4.69, 9.17) is 5.11 Å². The van der Waals surface area contributed by atoms with Crippen LogP contribution in [-0.4, -0.2) is 47.1 Å². The zero-order valence-corrected chi connectivity index (χ0v) is 10.2. The number of nitrogens with zero attached hydrogens (tertiary/aromatic N) is 1. The number of carboxylic acids is 1. The van der Waals surface area contributed by atoms with Gasteiger partial charge in [-0.05, 0) is 32.2 Å². The SMILES string of the molecule is CCCNCC(=O)N1C2CCC1C(C(=O)O)C2. The van der Waals surface area contributed by atoms with Crippen LogP contribution < -0.4 is 5.32 Å². The van der Waals surface area contributed by atoms with Crippen LogP contribution in [0.4, 0.5) is 0 Å². The summed E-state index contributed by atoms with van der Waals surface area (Å²) in [6, 6.07) is 0.102. The number of nitrogens with one attached hydrogen (secondary N) is 1. The van der Waals surface area contributed by atoms with E-state index in [1.165, 1.54) is 0 Å². The van der Waals surface area contributed by atoms with Crippen LogP contribution in [0.5, 0.6) is 0 Å². The van der Waals surface area contributed by atoms with Crippen LogP contribution in [0.3, 0.4) is 0 Å². The van der Waals surface area contributed by atoms with Gasteiger partial charge in [0.1, 0.15) is 0 Å². The van der Waals surface area contributed by atoms with Crippen molar-refractivity contribution in [2.75, 3.05) is 13.1 Å². The van der Waals surface area contributed by atoms with Crippen molar-refractivity contribution in [3.05, 3.63) is 0 Å². The highest BCUT2D eigenvalue weighted by molar-refractivity contribution is 5.82. The molecule has 5 heteroatoms. The van der Waals surface area contributed by atoms with Gasteiger partial charge in [-0.25, -0.2) is 0 Å². The van der Waals surface area contributed by atoms with Gasteiger partial charge in [0.2, 0.25) is 5.91 Å². The first-order chi connectivity index (χ1) is 8.15. The maximum Gasteiger partial charge on any atom is 0.308 e. The van der Waals surface area contributed by atoms with Crippen molar-refractivity contribution in [3.63, 3.8) is 0 Å². The molecule has 2 aliphatic heterocycles. The normalized spacial score (nSPS) is 30.9. The van der Waals surface area contributed by atoms with Crippen LogP contribution in [0, 0.1) is 5.92 Å². The fraction of sp³-hybridized carbons (Fsp3) is 0.833. The average Bonchev–Trinajstić information content (AvgIpc) is 2.86. The quantitative estimate of drug-likeness (QED) is 0.685. The number of fused-ring (bicyclic) bond motifs is 2. The first kappa shape index (κ1) is 12.4. The first-order valence-corrected chi connectivity index (χ1v) is 6.39. The van der Waals surface area contributed by atoms with E-state index in [0.717, 1.165) is 25.8 Å². The van der Waals surface area contributed by atoms with Crippen molar-refractivity contribution in [2.45, 2.75) is 44.7 Å². The van der Waals surface area contributed by atoms with E-state index in [1.807, 2.05) is 4.90 Å². The number of carboxylic acid groups (broad SMARTS) is 1. The topological polar surface area (TPSA) is 69.6 Å². The highest BCUT2D eigenvalue weighted by atomic mass is 16.4. The monoisotopic (exact) mass is 240 g/mol. The number of amides is 1. The summed E-state index contributed by atoms with van der Waals surface area (Å²) in [6.07, 6.45) is 3.45. The molecular formula is C12H20N2O3. The third-order valence-corrected chi connectivity index (χ3v) is 3.85. The molecule has 0 saturated carbocycles. The van der Waals surface area contributed by atoms with Crippen LogP contribution in [0.1, 0.15) is 32.6 Å². The van der Waals surface area contributed by atoms with Gasteiger partial charge in [0.15, 0.2) is 0 Å². The molecule has 2 saturated heterocycles. The molecule has 2 heterocycles. The molecular weight excluding hydrogens is 220 g/mol. The van der Waals surface area contributed by atoms with Crippen LogP contribution >= 0.6 is 0 Å². The third-order valence-electron chi connectivity index (χ3n) is 3.85. The van der Waals surface area contributed by atoms with Crippen molar-refractivity contribution in [3.8, 4) is 0 Å². The predicted octanol–water partition coefficient (Wildman–Crippen LogP) is 0.450. The van der Waals surface area contributed by atoms with Gasteiger partial charge in [-0.15, -0.1) is 0 Å². The van der Waals surface area contributed by atoms with Crippen molar-refractivity contribution >= 4 is 11.9 Å². The van der Waals surface area contributed by atoms with Crippen LogP contribution in [0.2, 0.25) is 0 Å². The van der Waals surface area contributed by atoms with Crippen molar-refractivity contribution in [1.29, 1.82) is 0 Å². The molecule has 0 aromatic heterocycles. The lowest BCUT2D eigenvalue weighted by Crippen LogP contribution is -2.42. The number of aliphatic carboxylic acids is 1. The molecule has 0 aliphatic carbocycles. The average molecular weight is 240 g/mol. The van der Waals surface area contributed by atoms with E-state index in [9.17, 15) is 9.59 Å². The Hall–Kier alpha value is -1.10. The van der Waals surface area contributed by atoms with Gasteiger partial charge < -0.3 is 15.3 Å². The highest BCUT2D eigenvalue weighted by Gasteiger charge is 2.50. The van der Waals surface area contributed by atoms with Crippen LogP contribution in [0.25, 0.3) is 0 Å². The minimum absolute atomic E-state index is 0.0616. The van der Waals surface area contributed by atoms with E-state index < -0.39 is 5.97 Å². The van der Waals surface area contributed by atoms with Gasteiger partial charge >= 0.3 is 5.97 Å². The molecule has 17 heavy (non-hydrogen) atoms. The van der Waals surface area contributed by atoms with Gasteiger partial charge in [0, 0.05) is 12.1 Å². The standard InChI is InChI=1S/C12H20N2O3/c1-2-5-13-7-11(15)14-8-3-4-10(14)9(6-8)12(16)17/h8-10,13H,2-7H2,1H3,(H,16,17). The Morgan fingerprint density at radius 2 is 2.18 bits per heavy atom. The van der Waals surface area contributed by atoms with Crippen molar-refractivity contribution in [1.82, 2.24) is 10.2 Å². The molecule has 2 N–H and O–H groups in total. The third kappa shape index (κ3) is 2.29. The van der Waals surface area contributed by atoms with Crippen LogP contribution in [-0.2, 0) is 9.59 Å². The summed E-state index contributed by atoms with van der Waals surface area (Å²) in [5.41, 5.74) is 0. The second kappa shape index (κ2) is 5.04. The van der Waals surface area contributed by atoms with Gasteiger partial charge in [-0.3, -0.25) is 9.59 Å². The maximum atomic E-state index is 12.0. The molecule has 0 aromatic rings. The Bertz CT molecular complexity index is 319. The zero-order valence-electron chi connectivity index (χ0n) is 10.2. The minimum atomic E-state index is -0.753. The van der Waals surface area contributed by atoms with Gasteiger partial charge in [-0.1, -0.05) is 6.92 Å². The summed E-state index contributed by atoms with van der Waals surface area (Å²) in [5, 5.41) is 12.2. The first-order valence-electron chi connectivity index (χ1n) is 6.39. The van der Waals surface area contributed by atoms with Gasteiger partial charge in [0.05, 0.1) is 12.5 Å². The number of carbonyl (C=O) groups is 2. The summed E-state index contributed by atoms with van der Waals surface area (Å²) in [7, 11) is 0. The molecule has 0 aromatic carbocycles. The van der Waals surface area contributed by atoms with E-state index in [0.29, 0.717) is 13.0 Å². The fourth-order valence-electron chi connectivity index (χ4n) is 3.11. The maximum absolute atomic E-state index is 12.0. The van der Waals surface area contributed by atoms with Gasteiger partial charge in [-0.2, -0.15) is 0 Å². The summed E-state index contributed by atoms with van der Waals surface area (Å²) in [5.74, 6) is -1.03. The molecule has 96 valence electrons. The molecule has 5 nitrogen and oxygen atoms in total. The molecule has 1 amide bonds. The van der Waals surface area contributed by atoms with Crippen LogP contribution in [0.15, 0.2) is 0 Å². The Morgan fingerprint density at radius 1 is 1.41 bits per heavy atom. The Balaban J connectivity index is 1.93. The second-order valence-electron chi connectivity index (χ2n) is 4.96. The number of carbonyl (C=O) groups excluding carboxylic acids is 1. The molecule has 3 atom stereocenters. The predicted molar refractivity (Wildman–Crippen MR) is 62.6 cm³/mol. The molecule has 3 unspecified atom stereocenters. The largest absolute Gasteiger partial charge is 0.481 e. The molecule has 2 aliphatic rings. The number of hydrogen-bond donors (Lipinski definition) is 2. The second-order valence-corrected chi connectivity index (χ2v) is 4.96. The lowest BCUT2D eigenvalue weighted by atomic mass is 9.89. The van der Waals surface area contributed by atoms with Crippen molar-refractivity contribution in [2.24, 2.45) is 5.92 Å². The highest BCUT2D eigenvalue weighted by Crippen LogP contribution is 2.41. The molecule has 2 fully saturated rings. The Kier molecular flexibility index (Phi) is 3.66. The summed E-state index contributed by atoms with van der Waals surface area (Å²) < 4.78 is 0. The fourth-order valence-corrected chi connectivity index (χ4v) is 3.11. The molecule has 2 bridgehead atoms. The lowest BCUT2D eigenvalue weighted by Gasteiger charge is -2.23. The molecule has 0 spiro atoms. The number of hydrogen-bond acceptors (Lipinski definition) is 3. The summed E-state index contributed by atoms with van der Waals surface area (Å²) >= 11 is 0. The zero-order chi connectivity index (χ0) is 12.4. The Labute approximate surface area is 101 Å². The lowest BCUT2D eigenvalue weighted by molar-refractivity contribution is -0.143. The van der Waals surface area contributed by atoms with Gasteiger partial charge in [0.25, 0.3) is 0 Å². The minimum Gasteiger partial charge on any atom is -0.481 e. The Morgan fingerprint density at radius 3 is 2.76 bits per heavy atom. The van der Waals surface area contributed by atoms with E-state index in [-0.39, 0.29) is 23.9 Å². The molecule has 0 radical (unpaired) electrons. The molecule has 2 rings (SSSR count). The van der Waals surface area contributed by atoms with E-state index >= 15 is 0 Å².